The average molecular weight is 854 g/mol. The molecule has 0 aromatic heterocycles. The van der Waals surface area contributed by atoms with Gasteiger partial charge < -0.3 is 36.2 Å². The summed E-state index contributed by atoms with van der Waals surface area (Å²) in [5, 5.41) is 40.9. The number of carbonyl (C=O) groups is 3. The number of carbonyl (C=O) groups excluding carboxylic acids is 3. The second-order valence-electron chi connectivity index (χ2n) is 17.8. The third kappa shape index (κ3) is 37.9. The molecule has 0 rings (SSSR count). The van der Waals surface area contributed by atoms with Crippen LogP contribution in [0.2, 0.25) is 0 Å². The molecule has 0 saturated heterocycles. The van der Waals surface area contributed by atoms with Crippen LogP contribution in [-0.4, -0.2) is 121 Å². The van der Waals surface area contributed by atoms with Gasteiger partial charge in [0.1, 0.15) is 18.3 Å². The van der Waals surface area contributed by atoms with E-state index in [1.807, 2.05) is 11.9 Å². The van der Waals surface area contributed by atoms with Crippen LogP contribution >= 0.6 is 0 Å². The Morgan fingerprint density at radius 3 is 0.900 bits per heavy atom. The maximum atomic E-state index is 12.8. The van der Waals surface area contributed by atoms with E-state index in [0.717, 1.165) is 51.4 Å². The number of aliphatic hydroxyl groups is 3. The molecule has 0 heterocycles. The molecule has 11 nitrogen and oxygen atoms in total. The van der Waals surface area contributed by atoms with Crippen LogP contribution in [0.15, 0.2) is 0 Å². The molecule has 0 aromatic rings. The topological polar surface area (TPSA) is 154 Å². The van der Waals surface area contributed by atoms with Crippen molar-refractivity contribution in [3.63, 3.8) is 0 Å². The average Bonchev–Trinajstić information content (AvgIpc) is 3.23. The quantitative estimate of drug-likeness (QED) is 0.0332. The molecule has 0 fully saturated rings. The molecule has 3 atom stereocenters. The zero-order valence-electron chi connectivity index (χ0n) is 39.8. The molecular formula is C49H99N5O6. The van der Waals surface area contributed by atoms with Gasteiger partial charge >= 0.3 is 0 Å². The Labute approximate surface area is 369 Å². The first-order valence-electron chi connectivity index (χ1n) is 25.4. The van der Waals surface area contributed by atoms with Gasteiger partial charge in [0.2, 0.25) is 17.7 Å². The highest BCUT2D eigenvalue weighted by Gasteiger charge is 2.24. The number of hydrogen-bond donors (Lipinski definition) is 6. The summed E-state index contributed by atoms with van der Waals surface area (Å²) in [5.41, 5.74) is 0. The molecule has 0 bridgehead atoms. The smallest absolute Gasteiger partial charge is 0.250 e. The lowest BCUT2D eigenvalue weighted by molar-refractivity contribution is -0.132. The van der Waals surface area contributed by atoms with Gasteiger partial charge in [-0.1, -0.05) is 194 Å². The summed E-state index contributed by atoms with van der Waals surface area (Å²) < 4.78 is 0. The number of likely N-dealkylation sites (N-methyl/N-ethyl adjacent to an activating group) is 1. The number of nitrogens with zero attached hydrogens (tertiary/aromatic N) is 2. The van der Waals surface area contributed by atoms with Gasteiger partial charge in [0.05, 0.1) is 0 Å². The van der Waals surface area contributed by atoms with Crippen molar-refractivity contribution in [1.82, 2.24) is 25.8 Å². The fourth-order valence-corrected chi connectivity index (χ4v) is 7.77. The molecule has 0 aliphatic rings. The van der Waals surface area contributed by atoms with Crippen molar-refractivity contribution in [2.24, 2.45) is 0 Å². The van der Waals surface area contributed by atoms with Crippen molar-refractivity contribution >= 4 is 17.7 Å². The van der Waals surface area contributed by atoms with Gasteiger partial charge in [0.25, 0.3) is 0 Å². The van der Waals surface area contributed by atoms with E-state index in [4.69, 9.17) is 0 Å². The zero-order valence-corrected chi connectivity index (χ0v) is 39.8. The standard InChI is InChI=1S/C49H99N5O6/c1-5-8-11-14-17-20-23-26-29-32-36-50-47(58)44(55)41-53(4)39-35-40-54(42-45(56)48(59)51-37-33-30-27-24-21-18-15-12-9-6-2)43-46(57)49(60)52-38-34-31-28-25-22-19-16-13-10-7-3/h44-46,55-57H,5-43H2,1-4H3,(H,50,58)(H,51,59)(H,52,60). The van der Waals surface area contributed by atoms with Crippen LogP contribution in [0.25, 0.3) is 0 Å². The lowest BCUT2D eigenvalue weighted by Gasteiger charge is -2.28. The first kappa shape index (κ1) is 58.2. The van der Waals surface area contributed by atoms with E-state index in [1.54, 1.807) is 4.90 Å². The van der Waals surface area contributed by atoms with Crippen molar-refractivity contribution in [3.05, 3.63) is 0 Å². The largest absolute Gasteiger partial charge is 0.382 e. The van der Waals surface area contributed by atoms with Crippen LogP contribution in [0.5, 0.6) is 0 Å². The maximum absolute atomic E-state index is 12.8. The predicted molar refractivity (Wildman–Crippen MR) is 251 cm³/mol. The SMILES string of the molecule is CCCCCCCCCCCCNC(=O)C(O)CN(C)CCCN(CC(O)C(=O)NCCCCCCCCCCCC)CC(O)C(=O)NCCCCCCCCCCCC. The number of hydrogen-bond acceptors (Lipinski definition) is 8. The summed E-state index contributed by atoms with van der Waals surface area (Å²) in [6, 6.07) is 0. The minimum atomic E-state index is -1.30. The molecular weight excluding hydrogens is 755 g/mol. The van der Waals surface area contributed by atoms with Gasteiger partial charge in [-0.2, -0.15) is 0 Å². The van der Waals surface area contributed by atoms with Crippen LogP contribution in [0.3, 0.4) is 0 Å². The van der Waals surface area contributed by atoms with E-state index in [0.29, 0.717) is 39.1 Å². The second kappa shape index (κ2) is 43.8. The van der Waals surface area contributed by atoms with Crippen molar-refractivity contribution in [1.29, 1.82) is 0 Å². The van der Waals surface area contributed by atoms with Crippen molar-refractivity contribution in [2.75, 3.05) is 59.4 Å². The van der Waals surface area contributed by atoms with E-state index in [-0.39, 0.29) is 25.5 Å². The van der Waals surface area contributed by atoms with E-state index in [1.165, 1.54) is 141 Å². The van der Waals surface area contributed by atoms with Crippen LogP contribution in [-0.2, 0) is 14.4 Å². The van der Waals surface area contributed by atoms with Gasteiger partial charge in [-0.3, -0.25) is 19.3 Å². The van der Waals surface area contributed by atoms with Gasteiger partial charge in [-0.25, -0.2) is 0 Å². The molecule has 0 aromatic carbocycles. The van der Waals surface area contributed by atoms with E-state index in [2.05, 4.69) is 36.7 Å². The third-order valence-corrected chi connectivity index (χ3v) is 11.8. The Bertz CT molecular complexity index is 928. The Kier molecular flexibility index (Phi) is 42.5. The number of nitrogens with one attached hydrogen (secondary N) is 3. The van der Waals surface area contributed by atoms with Gasteiger partial charge in [-0.15, -0.1) is 0 Å². The maximum Gasteiger partial charge on any atom is 0.250 e. The minimum Gasteiger partial charge on any atom is -0.382 e. The molecule has 0 saturated carbocycles. The lowest BCUT2D eigenvalue weighted by Crippen LogP contribution is -2.48. The number of rotatable bonds is 46. The van der Waals surface area contributed by atoms with Crippen molar-refractivity contribution < 1.29 is 29.7 Å². The molecule has 0 radical (unpaired) electrons. The highest BCUT2D eigenvalue weighted by Crippen LogP contribution is 2.13. The highest BCUT2D eigenvalue weighted by molar-refractivity contribution is 5.81. The van der Waals surface area contributed by atoms with Gasteiger partial charge in [0, 0.05) is 39.3 Å². The highest BCUT2D eigenvalue weighted by atomic mass is 16.3. The molecule has 3 unspecified atom stereocenters. The van der Waals surface area contributed by atoms with E-state index >= 15 is 0 Å². The molecule has 356 valence electrons. The number of amides is 3. The third-order valence-electron chi connectivity index (χ3n) is 11.8. The molecule has 3 amide bonds. The van der Waals surface area contributed by atoms with Crippen LogP contribution in [0, 0.1) is 0 Å². The summed E-state index contributed by atoms with van der Waals surface area (Å²) in [6.45, 7) is 9.40. The normalized spacial score (nSPS) is 13.2. The van der Waals surface area contributed by atoms with E-state index < -0.39 is 30.1 Å². The van der Waals surface area contributed by atoms with Gasteiger partial charge in [-0.05, 0) is 45.8 Å². The van der Waals surface area contributed by atoms with Gasteiger partial charge in [0.15, 0.2) is 0 Å². The first-order valence-corrected chi connectivity index (χ1v) is 25.4. The van der Waals surface area contributed by atoms with Crippen molar-refractivity contribution in [3.8, 4) is 0 Å². The molecule has 60 heavy (non-hydrogen) atoms. The summed E-state index contributed by atoms with van der Waals surface area (Å²) in [7, 11) is 1.84. The Hall–Kier alpha value is -1.79. The lowest BCUT2D eigenvalue weighted by atomic mass is 10.1. The number of unbranched alkanes of at least 4 members (excludes halogenated alkanes) is 27. The Morgan fingerprint density at radius 2 is 0.617 bits per heavy atom. The second-order valence-corrected chi connectivity index (χ2v) is 17.8. The zero-order chi connectivity index (χ0) is 44.3. The van der Waals surface area contributed by atoms with Crippen LogP contribution in [0.4, 0.5) is 0 Å². The molecule has 6 N–H and O–H groups in total. The fourth-order valence-electron chi connectivity index (χ4n) is 7.77. The van der Waals surface area contributed by atoms with E-state index in [9.17, 15) is 29.7 Å². The molecule has 0 aliphatic carbocycles. The first-order chi connectivity index (χ1) is 29.2. The van der Waals surface area contributed by atoms with Crippen molar-refractivity contribution in [2.45, 2.75) is 238 Å². The molecule has 0 spiro atoms. The monoisotopic (exact) mass is 854 g/mol. The Balaban J connectivity index is 4.72. The molecule has 0 aliphatic heterocycles. The summed E-state index contributed by atoms with van der Waals surface area (Å²) in [4.78, 5) is 41.9. The minimum absolute atomic E-state index is 0.0135. The summed E-state index contributed by atoms with van der Waals surface area (Å²) in [6.07, 6.45) is 33.2. The van der Waals surface area contributed by atoms with Crippen LogP contribution < -0.4 is 16.0 Å². The predicted octanol–water partition coefficient (Wildman–Crippen LogP) is 8.80. The fraction of sp³-hybridized carbons (Fsp3) is 0.939. The molecule has 11 heteroatoms. The van der Waals surface area contributed by atoms with Crippen LogP contribution in [0.1, 0.15) is 220 Å². The summed E-state index contributed by atoms with van der Waals surface area (Å²) >= 11 is 0. The summed E-state index contributed by atoms with van der Waals surface area (Å²) in [5.74, 6) is -1.25. The number of aliphatic hydroxyl groups excluding tert-OH is 3. The Morgan fingerprint density at radius 1 is 0.367 bits per heavy atom.